The summed E-state index contributed by atoms with van der Waals surface area (Å²) in [6.45, 7) is 2.09. The molecule has 174 valence electrons. The van der Waals surface area contributed by atoms with Crippen molar-refractivity contribution in [1.82, 2.24) is 15.7 Å². The third kappa shape index (κ3) is 5.01. The van der Waals surface area contributed by atoms with Gasteiger partial charge >= 0.3 is 12.1 Å². The minimum absolute atomic E-state index is 0.0237. The van der Waals surface area contributed by atoms with Crippen LogP contribution < -0.4 is 20.4 Å². The zero-order valence-electron chi connectivity index (χ0n) is 17.6. The first-order valence-electron chi connectivity index (χ1n) is 10.5. The first-order valence-corrected chi connectivity index (χ1v) is 10.5. The highest BCUT2D eigenvalue weighted by Crippen LogP contribution is 2.31. The van der Waals surface area contributed by atoms with Crippen LogP contribution in [0.5, 0.6) is 0 Å². The highest BCUT2D eigenvalue weighted by Gasteiger charge is 2.34. The molecule has 4 amide bonds. The van der Waals surface area contributed by atoms with E-state index in [9.17, 15) is 23.2 Å². The van der Waals surface area contributed by atoms with Gasteiger partial charge in [0.05, 0.1) is 31.9 Å². The Labute approximate surface area is 183 Å². The van der Waals surface area contributed by atoms with Crippen molar-refractivity contribution in [3.05, 3.63) is 23.8 Å². The fourth-order valence-electron chi connectivity index (χ4n) is 3.61. The lowest BCUT2D eigenvalue weighted by Gasteiger charge is -2.24. The van der Waals surface area contributed by atoms with E-state index in [1.807, 2.05) is 0 Å². The molecule has 32 heavy (non-hydrogen) atoms. The molecule has 12 heteroatoms. The van der Waals surface area contributed by atoms with Crippen LogP contribution in [0.4, 0.5) is 29.7 Å². The minimum atomic E-state index is -0.839. The highest BCUT2D eigenvalue weighted by atomic mass is 19.1. The molecule has 0 aromatic heterocycles. The number of halogens is 2. The van der Waals surface area contributed by atoms with Crippen molar-refractivity contribution in [2.24, 2.45) is 0 Å². The lowest BCUT2D eigenvalue weighted by Crippen LogP contribution is -2.42. The fraction of sp³-hybridized carbons (Fsp3) is 0.550. The summed E-state index contributed by atoms with van der Waals surface area (Å²) in [7, 11) is 0. The van der Waals surface area contributed by atoms with E-state index >= 15 is 0 Å². The maximum Gasteiger partial charge on any atom is 0.414 e. The maximum atomic E-state index is 14.9. The molecule has 2 N–H and O–H groups in total. The molecule has 10 nitrogen and oxygen atoms in total. The highest BCUT2D eigenvalue weighted by molar-refractivity contribution is 5.90. The molecular formula is C20H25F2N5O5. The van der Waals surface area contributed by atoms with Gasteiger partial charge in [0, 0.05) is 38.2 Å². The summed E-state index contributed by atoms with van der Waals surface area (Å²) in [6, 6.07) is 1.96. The number of carbonyl (C=O) groups excluding carboxylic acids is 3. The van der Waals surface area contributed by atoms with Crippen LogP contribution in [0.15, 0.2) is 12.1 Å². The molecule has 1 saturated carbocycles. The standard InChI is InChI=1S/C20H25F2N5O5/c1-12(28)23-10-15-11-26(20(30)32-15)14-8-16(21)18(17(22)9-14)25-4-5-27(31-7-6-25)19(29)24-13-2-3-13/h8-9,13,15H,2-7,10-11H2,1H3,(H,23,28)(H,24,29)/t15-/m0/s1. The number of benzene rings is 1. The summed E-state index contributed by atoms with van der Waals surface area (Å²) in [6.07, 6.45) is 0.514. The lowest BCUT2D eigenvalue weighted by atomic mass is 10.2. The Morgan fingerprint density at radius 3 is 2.53 bits per heavy atom. The zero-order valence-corrected chi connectivity index (χ0v) is 17.6. The van der Waals surface area contributed by atoms with Gasteiger partial charge in [0.1, 0.15) is 11.8 Å². The molecule has 1 aliphatic carbocycles. The largest absolute Gasteiger partial charge is 0.442 e. The van der Waals surface area contributed by atoms with Crippen LogP contribution >= 0.6 is 0 Å². The molecule has 2 saturated heterocycles. The molecule has 3 fully saturated rings. The van der Waals surface area contributed by atoms with Crippen LogP contribution in [0.3, 0.4) is 0 Å². The summed E-state index contributed by atoms with van der Waals surface area (Å²) in [5, 5.41) is 6.54. The topological polar surface area (TPSA) is 103 Å². The van der Waals surface area contributed by atoms with Crippen LogP contribution in [-0.4, -0.2) is 74.6 Å². The number of urea groups is 1. The first kappa shape index (κ1) is 22.1. The summed E-state index contributed by atoms with van der Waals surface area (Å²) >= 11 is 0. The number of carbonyl (C=O) groups is 3. The zero-order chi connectivity index (χ0) is 22.8. The van der Waals surface area contributed by atoms with Crippen LogP contribution in [-0.2, 0) is 14.4 Å². The maximum absolute atomic E-state index is 14.9. The van der Waals surface area contributed by atoms with Gasteiger partial charge in [-0.15, -0.1) is 0 Å². The van der Waals surface area contributed by atoms with E-state index < -0.39 is 23.8 Å². The summed E-state index contributed by atoms with van der Waals surface area (Å²) < 4.78 is 35.0. The molecule has 1 aromatic rings. The molecule has 0 unspecified atom stereocenters. The molecule has 1 atom stereocenters. The SMILES string of the molecule is CC(=O)NC[C@H]1CN(c2cc(F)c(N3CCON(C(=O)NC4CC4)CC3)c(F)c2)C(=O)O1. The van der Waals surface area contributed by atoms with Gasteiger partial charge in [0.25, 0.3) is 0 Å². The molecule has 2 heterocycles. The normalized spacial score (nSPS) is 21.3. The van der Waals surface area contributed by atoms with E-state index in [0.29, 0.717) is 0 Å². The molecule has 0 spiro atoms. The van der Waals surface area contributed by atoms with Crippen molar-refractivity contribution < 1.29 is 32.7 Å². The lowest BCUT2D eigenvalue weighted by molar-refractivity contribution is -0.119. The minimum Gasteiger partial charge on any atom is -0.442 e. The molecular weight excluding hydrogens is 428 g/mol. The van der Waals surface area contributed by atoms with E-state index in [0.717, 1.165) is 29.9 Å². The Bertz CT molecular complexity index is 889. The molecule has 3 aliphatic rings. The van der Waals surface area contributed by atoms with Crippen LogP contribution in [0, 0.1) is 11.6 Å². The van der Waals surface area contributed by atoms with E-state index in [1.165, 1.54) is 16.9 Å². The second-order valence-electron chi connectivity index (χ2n) is 7.96. The number of nitrogens with zero attached hydrogens (tertiary/aromatic N) is 3. The second kappa shape index (κ2) is 9.15. The van der Waals surface area contributed by atoms with Crippen molar-refractivity contribution in [2.45, 2.75) is 31.9 Å². The third-order valence-corrected chi connectivity index (χ3v) is 5.40. The molecule has 2 aliphatic heterocycles. The van der Waals surface area contributed by atoms with Crippen molar-refractivity contribution in [3.63, 3.8) is 0 Å². The van der Waals surface area contributed by atoms with Crippen LogP contribution in [0.2, 0.25) is 0 Å². The number of hydrogen-bond acceptors (Lipinski definition) is 6. The average molecular weight is 453 g/mol. The quantitative estimate of drug-likeness (QED) is 0.698. The van der Waals surface area contributed by atoms with E-state index in [1.54, 1.807) is 0 Å². The van der Waals surface area contributed by atoms with Gasteiger partial charge in [-0.2, -0.15) is 0 Å². The third-order valence-electron chi connectivity index (χ3n) is 5.40. The van der Waals surface area contributed by atoms with Gasteiger partial charge in [-0.05, 0) is 12.8 Å². The molecule has 1 aromatic carbocycles. The number of hydrogen-bond donors (Lipinski definition) is 2. The average Bonchev–Trinajstić information content (AvgIpc) is 3.50. The number of nitrogens with one attached hydrogen (secondary N) is 2. The van der Waals surface area contributed by atoms with Crippen molar-refractivity contribution in [1.29, 1.82) is 0 Å². The Morgan fingerprint density at radius 2 is 1.88 bits per heavy atom. The number of hydroxylamine groups is 2. The van der Waals surface area contributed by atoms with E-state index in [4.69, 9.17) is 9.57 Å². The number of cyclic esters (lactones) is 1. The molecule has 4 rings (SSSR count). The van der Waals surface area contributed by atoms with Gasteiger partial charge in [-0.3, -0.25) is 14.5 Å². The number of amides is 4. The predicted octanol–water partition coefficient (Wildman–Crippen LogP) is 1.35. The summed E-state index contributed by atoms with van der Waals surface area (Å²) in [5.41, 5.74) is -0.222. The molecule has 0 bridgehead atoms. The van der Waals surface area contributed by atoms with Gasteiger partial charge < -0.3 is 20.3 Å². The number of anilines is 2. The van der Waals surface area contributed by atoms with Crippen molar-refractivity contribution >= 4 is 29.4 Å². The number of ether oxygens (including phenoxy) is 1. The molecule has 0 radical (unpaired) electrons. The Balaban J connectivity index is 1.43. The first-order chi connectivity index (χ1) is 15.3. The van der Waals surface area contributed by atoms with Gasteiger partial charge in [0.2, 0.25) is 5.91 Å². The summed E-state index contributed by atoms with van der Waals surface area (Å²) in [4.78, 5) is 43.4. The predicted molar refractivity (Wildman–Crippen MR) is 109 cm³/mol. The summed E-state index contributed by atoms with van der Waals surface area (Å²) in [5.74, 6) is -1.95. The second-order valence-corrected chi connectivity index (χ2v) is 7.96. The van der Waals surface area contributed by atoms with Crippen molar-refractivity contribution in [2.75, 3.05) is 49.1 Å². The fourth-order valence-corrected chi connectivity index (χ4v) is 3.61. The Kier molecular flexibility index (Phi) is 6.31. The number of rotatable bonds is 5. The van der Waals surface area contributed by atoms with Crippen LogP contribution in [0.1, 0.15) is 19.8 Å². The van der Waals surface area contributed by atoms with Crippen LogP contribution in [0.25, 0.3) is 0 Å². The van der Waals surface area contributed by atoms with E-state index in [2.05, 4.69) is 10.6 Å². The Hall–Kier alpha value is -3.15. The van der Waals surface area contributed by atoms with E-state index in [-0.39, 0.29) is 68.7 Å². The van der Waals surface area contributed by atoms with Gasteiger partial charge in [0.15, 0.2) is 11.6 Å². The monoisotopic (exact) mass is 453 g/mol. The Morgan fingerprint density at radius 1 is 1.16 bits per heavy atom. The van der Waals surface area contributed by atoms with Gasteiger partial charge in [-0.1, -0.05) is 0 Å². The smallest absolute Gasteiger partial charge is 0.414 e. The van der Waals surface area contributed by atoms with Gasteiger partial charge in [-0.25, -0.2) is 23.4 Å². The van der Waals surface area contributed by atoms with Crippen molar-refractivity contribution in [3.8, 4) is 0 Å².